The van der Waals surface area contributed by atoms with Gasteiger partial charge in [0.25, 0.3) is 0 Å². The molecule has 5 heteroatoms. The number of ether oxygens (including phenoxy) is 2. The highest BCUT2D eigenvalue weighted by Crippen LogP contribution is 2.29. The van der Waals surface area contributed by atoms with E-state index in [4.69, 9.17) is 9.47 Å². The number of methoxy groups -OCH3 is 1. The van der Waals surface area contributed by atoms with Crippen LogP contribution in [0.2, 0.25) is 0 Å². The Labute approximate surface area is 107 Å². The third-order valence-corrected chi connectivity index (χ3v) is 3.27. The van der Waals surface area contributed by atoms with Crippen molar-refractivity contribution in [2.45, 2.75) is 39.3 Å². The van der Waals surface area contributed by atoms with Crippen molar-refractivity contribution in [1.82, 2.24) is 9.78 Å². The summed E-state index contributed by atoms with van der Waals surface area (Å²) < 4.78 is 12.4. The molecule has 0 saturated carbocycles. The van der Waals surface area contributed by atoms with Gasteiger partial charge in [-0.2, -0.15) is 5.10 Å². The molecule has 18 heavy (non-hydrogen) atoms. The summed E-state index contributed by atoms with van der Waals surface area (Å²) in [6, 6.07) is 0.132. The summed E-state index contributed by atoms with van der Waals surface area (Å²) in [5.74, 6) is 0.541. The van der Waals surface area contributed by atoms with Gasteiger partial charge in [-0.15, -0.1) is 0 Å². The highest BCUT2D eigenvalue weighted by molar-refractivity contribution is 5.99. The van der Waals surface area contributed by atoms with E-state index in [1.165, 1.54) is 0 Å². The zero-order chi connectivity index (χ0) is 13.3. The molecule has 0 aromatic carbocycles. The fourth-order valence-corrected chi connectivity index (χ4v) is 2.31. The molecule has 0 bridgehead atoms. The van der Waals surface area contributed by atoms with E-state index in [-0.39, 0.29) is 23.8 Å². The minimum atomic E-state index is -0.0805. The van der Waals surface area contributed by atoms with E-state index in [2.05, 4.69) is 5.10 Å². The van der Waals surface area contributed by atoms with Gasteiger partial charge >= 0.3 is 0 Å². The van der Waals surface area contributed by atoms with Crippen molar-refractivity contribution < 1.29 is 14.3 Å². The van der Waals surface area contributed by atoms with Gasteiger partial charge in [0.2, 0.25) is 0 Å². The van der Waals surface area contributed by atoms with Crippen LogP contribution in [0, 0.1) is 5.92 Å². The lowest BCUT2D eigenvalue weighted by atomic mass is 9.98. The summed E-state index contributed by atoms with van der Waals surface area (Å²) in [6.07, 6.45) is 2.53. The predicted octanol–water partition coefficient (Wildman–Crippen LogP) is 2.08. The molecule has 5 nitrogen and oxygen atoms in total. The molecule has 1 saturated heterocycles. The van der Waals surface area contributed by atoms with Crippen molar-refractivity contribution in [3.8, 4) is 5.75 Å². The number of aromatic nitrogens is 2. The first-order valence-corrected chi connectivity index (χ1v) is 6.32. The number of Topliss-reactive ketones (excluding diaryl/α,β-unsaturated/α-hetero) is 1. The van der Waals surface area contributed by atoms with Crippen LogP contribution in [0.4, 0.5) is 0 Å². The molecule has 1 aromatic rings. The molecule has 1 aliphatic heterocycles. The summed E-state index contributed by atoms with van der Waals surface area (Å²) >= 11 is 0. The lowest BCUT2D eigenvalue weighted by Gasteiger charge is -2.13. The zero-order valence-electron chi connectivity index (χ0n) is 11.3. The van der Waals surface area contributed by atoms with Crippen LogP contribution in [-0.4, -0.2) is 35.4 Å². The van der Waals surface area contributed by atoms with Crippen molar-refractivity contribution in [3.05, 3.63) is 11.9 Å². The van der Waals surface area contributed by atoms with E-state index in [0.29, 0.717) is 18.1 Å². The van der Waals surface area contributed by atoms with E-state index in [0.717, 1.165) is 6.42 Å². The molecule has 2 atom stereocenters. The average Bonchev–Trinajstić information content (AvgIpc) is 2.93. The molecule has 0 radical (unpaired) electrons. The minimum absolute atomic E-state index is 0.0717. The Morgan fingerprint density at radius 3 is 2.83 bits per heavy atom. The van der Waals surface area contributed by atoms with Gasteiger partial charge in [-0.05, 0) is 27.2 Å². The van der Waals surface area contributed by atoms with E-state index >= 15 is 0 Å². The van der Waals surface area contributed by atoms with Crippen molar-refractivity contribution >= 4 is 5.78 Å². The maximum absolute atomic E-state index is 12.5. The molecule has 0 N–H and O–H groups in total. The highest BCUT2D eigenvalue weighted by Gasteiger charge is 2.33. The summed E-state index contributed by atoms with van der Waals surface area (Å²) in [5.41, 5.74) is 0.565. The molecule has 1 aromatic heterocycles. The van der Waals surface area contributed by atoms with Crippen molar-refractivity contribution in [1.29, 1.82) is 0 Å². The number of hydrogen-bond acceptors (Lipinski definition) is 4. The Bertz CT molecular complexity index is 439. The molecule has 2 heterocycles. The van der Waals surface area contributed by atoms with E-state index in [9.17, 15) is 4.79 Å². The first-order valence-electron chi connectivity index (χ1n) is 6.32. The van der Waals surface area contributed by atoms with Gasteiger partial charge in [0.15, 0.2) is 11.5 Å². The quantitative estimate of drug-likeness (QED) is 0.770. The Morgan fingerprint density at radius 2 is 2.33 bits per heavy atom. The number of nitrogens with zero attached hydrogens (tertiary/aromatic N) is 2. The third-order valence-electron chi connectivity index (χ3n) is 3.27. The van der Waals surface area contributed by atoms with Crippen molar-refractivity contribution in [2.24, 2.45) is 5.92 Å². The van der Waals surface area contributed by atoms with E-state index in [1.54, 1.807) is 18.0 Å². The number of carbonyl (C=O) groups excluding carboxylic acids is 1. The van der Waals surface area contributed by atoms with Crippen LogP contribution >= 0.6 is 0 Å². The summed E-state index contributed by atoms with van der Waals surface area (Å²) in [5, 5.41) is 4.23. The number of ketones is 1. The molecular formula is C13H20N2O3. The fraction of sp³-hybridized carbons (Fsp3) is 0.692. The van der Waals surface area contributed by atoms with E-state index < -0.39 is 0 Å². The Morgan fingerprint density at radius 1 is 1.61 bits per heavy atom. The van der Waals surface area contributed by atoms with Crippen molar-refractivity contribution in [3.63, 3.8) is 0 Å². The van der Waals surface area contributed by atoms with Gasteiger partial charge in [-0.1, -0.05) is 0 Å². The van der Waals surface area contributed by atoms with Crippen LogP contribution in [0.1, 0.15) is 43.7 Å². The van der Waals surface area contributed by atoms with Crippen molar-refractivity contribution in [2.75, 3.05) is 13.7 Å². The molecular weight excluding hydrogens is 232 g/mol. The molecule has 0 aliphatic carbocycles. The van der Waals surface area contributed by atoms with Gasteiger partial charge in [0.05, 0.1) is 26.0 Å². The molecule has 0 spiro atoms. The largest absolute Gasteiger partial charge is 0.493 e. The number of hydrogen-bond donors (Lipinski definition) is 0. The van der Waals surface area contributed by atoms with Crippen LogP contribution in [0.15, 0.2) is 6.20 Å². The molecule has 100 valence electrons. The monoisotopic (exact) mass is 252 g/mol. The van der Waals surface area contributed by atoms with Crippen LogP contribution < -0.4 is 4.74 Å². The summed E-state index contributed by atoms with van der Waals surface area (Å²) in [7, 11) is 1.56. The maximum Gasteiger partial charge on any atom is 0.190 e. The van der Waals surface area contributed by atoms with Gasteiger partial charge in [-0.3, -0.25) is 9.48 Å². The van der Waals surface area contributed by atoms with Crippen LogP contribution in [0.25, 0.3) is 0 Å². The molecule has 0 amide bonds. The number of carbonyl (C=O) groups is 1. The third kappa shape index (κ3) is 2.27. The Kier molecular flexibility index (Phi) is 3.71. The van der Waals surface area contributed by atoms with Crippen LogP contribution in [-0.2, 0) is 4.74 Å². The lowest BCUT2D eigenvalue weighted by Crippen LogP contribution is -2.21. The fourth-order valence-electron chi connectivity index (χ4n) is 2.31. The van der Waals surface area contributed by atoms with Gasteiger partial charge in [0.1, 0.15) is 5.69 Å². The van der Waals surface area contributed by atoms with Crippen LogP contribution in [0.3, 0.4) is 0 Å². The first-order chi connectivity index (χ1) is 8.54. The molecule has 1 aliphatic rings. The van der Waals surface area contributed by atoms with Gasteiger partial charge in [0, 0.05) is 12.0 Å². The summed E-state index contributed by atoms with van der Waals surface area (Å²) in [4.78, 5) is 12.5. The predicted molar refractivity (Wildman–Crippen MR) is 67.0 cm³/mol. The summed E-state index contributed by atoms with van der Waals surface area (Å²) in [6.45, 7) is 6.48. The average molecular weight is 252 g/mol. The molecule has 2 rings (SSSR count). The van der Waals surface area contributed by atoms with E-state index in [1.807, 2.05) is 20.8 Å². The lowest BCUT2D eigenvalue weighted by molar-refractivity contribution is 0.0862. The Balaban J connectivity index is 2.31. The SMILES string of the molecule is COc1cnn(C(C)C)c1C(=O)C1COC(C)C1. The second-order valence-corrected chi connectivity index (χ2v) is 5.04. The van der Waals surface area contributed by atoms with Gasteiger partial charge < -0.3 is 9.47 Å². The normalized spacial score (nSPS) is 23.6. The van der Waals surface area contributed by atoms with Gasteiger partial charge in [-0.25, -0.2) is 0 Å². The highest BCUT2D eigenvalue weighted by atomic mass is 16.5. The molecule has 2 unspecified atom stereocenters. The maximum atomic E-state index is 12.5. The second-order valence-electron chi connectivity index (χ2n) is 5.04. The Hall–Kier alpha value is -1.36. The van der Waals surface area contributed by atoms with Crippen LogP contribution in [0.5, 0.6) is 5.75 Å². The molecule has 1 fully saturated rings. The second kappa shape index (κ2) is 5.10. The zero-order valence-corrected chi connectivity index (χ0v) is 11.3. The smallest absolute Gasteiger partial charge is 0.190 e. The minimum Gasteiger partial charge on any atom is -0.493 e. The first kappa shape index (κ1) is 13.1. The number of rotatable bonds is 4. The topological polar surface area (TPSA) is 53.4 Å². The standard InChI is InChI=1S/C13H20N2O3/c1-8(2)15-12(11(17-4)6-14-15)13(16)10-5-9(3)18-7-10/h6,8-10H,5,7H2,1-4H3.